The molecule has 0 saturated carbocycles. The molecule has 2 N–H and O–H groups in total. The number of halogens is 1. The van der Waals surface area contributed by atoms with Gasteiger partial charge in [0, 0.05) is 31.9 Å². The summed E-state index contributed by atoms with van der Waals surface area (Å²) in [6.45, 7) is 0.976. The van der Waals surface area contributed by atoms with E-state index in [0.29, 0.717) is 13.1 Å². The third kappa shape index (κ3) is 4.62. The van der Waals surface area contributed by atoms with Crippen molar-refractivity contribution in [2.75, 3.05) is 27.2 Å². The zero-order chi connectivity index (χ0) is 16.1. The van der Waals surface area contributed by atoms with Gasteiger partial charge in [0.05, 0.1) is 18.3 Å². The van der Waals surface area contributed by atoms with Gasteiger partial charge in [-0.25, -0.2) is 4.39 Å². The minimum Gasteiger partial charge on any atom is -0.390 e. The van der Waals surface area contributed by atoms with Crippen LogP contribution < -0.4 is 5.32 Å². The summed E-state index contributed by atoms with van der Waals surface area (Å²) in [6.07, 6.45) is 3.14. The lowest BCUT2D eigenvalue weighted by atomic mass is 10.0. The van der Waals surface area contributed by atoms with Gasteiger partial charge < -0.3 is 15.3 Å². The standard InChI is InChI=1S/C16H23FN4O/c1-20(2)11-15(22)9-18-16(13-8-19-21(3)10-13)12-5-4-6-14(17)7-12/h4-8,10,15-16,18,22H,9,11H2,1-3H3. The zero-order valence-electron chi connectivity index (χ0n) is 13.2. The van der Waals surface area contributed by atoms with Gasteiger partial charge >= 0.3 is 0 Å². The van der Waals surface area contributed by atoms with E-state index in [1.807, 2.05) is 38.3 Å². The predicted molar refractivity (Wildman–Crippen MR) is 84.0 cm³/mol. The van der Waals surface area contributed by atoms with Crippen molar-refractivity contribution < 1.29 is 9.50 Å². The smallest absolute Gasteiger partial charge is 0.123 e. The normalized spacial score (nSPS) is 14.3. The van der Waals surface area contributed by atoms with Crippen LogP contribution in [-0.4, -0.2) is 53.1 Å². The molecular weight excluding hydrogens is 283 g/mol. The Kier molecular flexibility index (Phi) is 5.65. The van der Waals surface area contributed by atoms with E-state index in [4.69, 9.17) is 0 Å². The molecule has 0 radical (unpaired) electrons. The molecule has 5 nitrogen and oxygen atoms in total. The third-order valence-electron chi connectivity index (χ3n) is 3.37. The average Bonchev–Trinajstić information content (AvgIpc) is 2.85. The number of benzene rings is 1. The molecule has 120 valence electrons. The Hall–Kier alpha value is -1.76. The molecule has 1 aromatic heterocycles. The largest absolute Gasteiger partial charge is 0.390 e. The average molecular weight is 306 g/mol. The highest BCUT2D eigenvalue weighted by Gasteiger charge is 2.17. The Balaban J connectivity index is 2.15. The fraction of sp³-hybridized carbons (Fsp3) is 0.438. The lowest BCUT2D eigenvalue weighted by Gasteiger charge is -2.22. The molecule has 22 heavy (non-hydrogen) atoms. The summed E-state index contributed by atoms with van der Waals surface area (Å²) in [5, 5.41) is 17.5. The number of rotatable bonds is 7. The van der Waals surface area contributed by atoms with Crippen LogP contribution in [0.5, 0.6) is 0 Å². The molecule has 0 spiro atoms. The first-order valence-corrected chi connectivity index (χ1v) is 7.26. The van der Waals surface area contributed by atoms with Crippen LogP contribution in [0.4, 0.5) is 4.39 Å². The van der Waals surface area contributed by atoms with Crippen LogP contribution in [0, 0.1) is 5.82 Å². The molecule has 2 atom stereocenters. The molecule has 2 aromatic rings. The maximum atomic E-state index is 13.5. The number of aliphatic hydroxyl groups excluding tert-OH is 1. The SMILES string of the molecule is CN(C)CC(O)CNC(c1cccc(F)c1)c1cnn(C)c1. The van der Waals surface area contributed by atoms with E-state index < -0.39 is 6.10 Å². The summed E-state index contributed by atoms with van der Waals surface area (Å²) in [7, 11) is 5.66. The Morgan fingerprint density at radius 3 is 2.73 bits per heavy atom. The van der Waals surface area contributed by atoms with Gasteiger partial charge in [-0.05, 0) is 31.8 Å². The number of nitrogens with zero attached hydrogens (tertiary/aromatic N) is 3. The van der Waals surface area contributed by atoms with Crippen LogP contribution in [0.15, 0.2) is 36.7 Å². The number of hydrogen-bond acceptors (Lipinski definition) is 4. The van der Waals surface area contributed by atoms with Crippen molar-refractivity contribution in [3.05, 3.63) is 53.6 Å². The fourth-order valence-corrected chi connectivity index (χ4v) is 2.44. The monoisotopic (exact) mass is 306 g/mol. The molecule has 0 aliphatic rings. The van der Waals surface area contributed by atoms with E-state index in [1.165, 1.54) is 12.1 Å². The summed E-state index contributed by atoms with van der Waals surface area (Å²) >= 11 is 0. The second kappa shape index (κ2) is 7.49. The van der Waals surface area contributed by atoms with Gasteiger partial charge in [0.15, 0.2) is 0 Å². The third-order valence-corrected chi connectivity index (χ3v) is 3.37. The molecule has 0 aliphatic heterocycles. The van der Waals surface area contributed by atoms with Crippen molar-refractivity contribution in [2.24, 2.45) is 7.05 Å². The highest BCUT2D eigenvalue weighted by molar-refractivity contribution is 5.29. The van der Waals surface area contributed by atoms with Crippen LogP contribution in [0.3, 0.4) is 0 Å². The second-order valence-corrected chi connectivity index (χ2v) is 5.76. The first kappa shape index (κ1) is 16.6. The molecule has 2 rings (SSSR count). The number of hydrogen-bond donors (Lipinski definition) is 2. The van der Waals surface area contributed by atoms with E-state index in [9.17, 15) is 9.50 Å². The van der Waals surface area contributed by atoms with Gasteiger partial charge in [-0.15, -0.1) is 0 Å². The van der Waals surface area contributed by atoms with Gasteiger partial charge in [0.2, 0.25) is 0 Å². The predicted octanol–water partition coefficient (Wildman–Crippen LogP) is 1.16. The highest BCUT2D eigenvalue weighted by Crippen LogP contribution is 2.22. The van der Waals surface area contributed by atoms with Crippen LogP contribution in [0.2, 0.25) is 0 Å². The molecule has 2 unspecified atom stereocenters. The van der Waals surface area contributed by atoms with Crippen molar-refractivity contribution in [2.45, 2.75) is 12.1 Å². The van der Waals surface area contributed by atoms with Gasteiger partial charge in [0.25, 0.3) is 0 Å². The first-order chi connectivity index (χ1) is 10.5. The summed E-state index contributed by atoms with van der Waals surface area (Å²) in [5.41, 5.74) is 1.75. The fourth-order valence-electron chi connectivity index (χ4n) is 2.44. The van der Waals surface area contributed by atoms with E-state index >= 15 is 0 Å². The molecular formula is C16H23FN4O. The summed E-state index contributed by atoms with van der Waals surface area (Å²) in [5.74, 6) is -0.276. The zero-order valence-corrected chi connectivity index (χ0v) is 13.2. The molecule has 6 heteroatoms. The summed E-state index contributed by atoms with van der Waals surface area (Å²) < 4.78 is 15.2. The van der Waals surface area contributed by atoms with Crippen molar-refractivity contribution in [1.29, 1.82) is 0 Å². The molecule has 0 saturated heterocycles. The number of likely N-dealkylation sites (N-methyl/N-ethyl adjacent to an activating group) is 1. The van der Waals surface area contributed by atoms with Crippen LogP contribution >= 0.6 is 0 Å². The highest BCUT2D eigenvalue weighted by atomic mass is 19.1. The van der Waals surface area contributed by atoms with Crippen molar-refractivity contribution >= 4 is 0 Å². The minimum atomic E-state index is -0.497. The Labute approximate surface area is 130 Å². The van der Waals surface area contributed by atoms with E-state index in [1.54, 1.807) is 16.9 Å². The number of nitrogens with one attached hydrogen (secondary N) is 1. The molecule has 0 bridgehead atoms. The van der Waals surface area contributed by atoms with Gasteiger partial charge in [-0.3, -0.25) is 4.68 Å². The van der Waals surface area contributed by atoms with Gasteiger partial charge in [-0.2, -0.15) is 5.10 Å². The topological polar surface area (TPSA) is 53.3 Å². The summed E-state index contributed by atoms with van der Waals surface area (Å²) in [6, 6.07) is 6.27. The molecule has 0 amide bonds. The van der Waals surface area contributed by atoms with Crippen molar-refractivity contribution in [3.8, 4) is 0 Å². The van der Waals surface area contributed by atoms with Crippen molar-refractivity contribution in [1.82, 2.24) is 20.0 Å². The maximum Gasteiger partial charge on any atom is 0.123 e. The molecule has 0 fully saturated rings. The molecule has 1 heterocycles. The Morgan fingerprint density at radius 2 is 2.14 bits per heavy atom. The van der Waals surface area contributed by atoms with Crippen LogP contribution in [0.1, 0.15) is 17.2 Å². The van der Waals surface area contributed by atoms with E-state index in [2.05, 4.69) is 10.4 Å². The van der Waals surface area contributed by atoms with E-state index in [-0.39, 0.29) is 11.9 Å². The van der Waals surface area contributed by atoms with Gasteiger partial charge in [-0.1, -0.05) is 12.1 Å². The minimum absolute atomic E-state index is 0.207. The number of aryl methyl sites for hydroxylation is 1. The second-order valence-electron chi connectivity index (χ2n) is 5.76. The van der Waals surface area contributed by atoms with E-state index in [0.717, 1.165) is 11.1 Å². The van der Waals surface area contributed by atoms with Gasteiger partial charge in [0.1, 0.15) is 5.82 Å². The first-order valence-electron chi connectivity index (χ1n) is 7.26. The van der Waals surface area contributed by atoms with Crippen LogP contribution in [0.25, 0.3) is 0 Å². The van der Waals surface area contributed by atoms with Crippen molar-refractivity contribution in [3.63, 3.8) is 0 Å². The lowest BCUT2D eigenvalue weighted by Crippen LogP contribution is -2.37. The Morgan fingerprint density at radius 1 is 1.36 bits per heavy atom. The Bertz CT molecular complexity index is 599. The number of aromatic nitrogens is 2. The number of aliphatic hydroxyl groups is 1. The quantitative estimate of drug-likeness (QED) is 0.806. The van der Waals surface area contributed by atoms with Crippen LogP contribution in [-0.2, 0) is 7.05 Å². The molecule has 1 aromatic carbocycles. The molecule has 0 aliphatic carbocycles. The lowest BCUT2D eigenvalue weighted by molar-refractivity contribution is 0.133. The maximum absolute atomic E-state index is 13.5. The summed E-state index contributed by atoms with van der Waals surface area (Å²) in [4.78, 5) is 1.92.